The maximum atomic E-state index is 5.97. The molecule has 0 aliphatic heterocycles. The first kappa shape index (κ1) is 10.8. The number of halogens is 2. The molecular formula is C11H12Cl2N2. The van der Waals surface area contributed by atoms with Crippen molar-refractivity contribution in [3.8, 4) is 0 Å². The van der Waals surface area contributed by atoms with Crippen molar-refractivity contribution in [2.45, 2.75) is 19.9 Å². The van der Waals surface area contributed by atoms with E-state index in [9.17, 15) is 0 Å². The molecule has 0 fully saturated rings. The summed E-state index contributed by atoms with van der Waals surface area (Å²) in [5.41, 5.74) is 2.08. The van der Waals surface area contributed by atoms with Crippen LogP contribution in [0.25, 0.3) is 11.0 Å². The second-order valence-electron chi connectivity index (χ2n) is 3.34. The summed E-state index contributed by atoms with van der Waals surface area (Å²) < 4.78 is 2.16. The van der Waals surface area contributed by atoms with Crippen LogP contribution >= 0.6 is 23.2 Å². The van der Waals surface area contributed by atoms with Crippen LogP contribution in [0.1, 0.15) is 12.7 Å². The Morgan fingerprint density at radius 2 is 2.20 bits per heavy atom. The van der Waals surface area contributed by atoms with E-state index in [-0.39, 0.29) is 0 Å². The summed E-state index contributed by atoms with van der Waals surface area (Å²) in [4.78, 5) is 4.53. The van der Waals surface area contributed by atoms with Gasteiger partial charge in [-0.1, -0.05) is 11.6 Å². The zero-order chi connectivity index (χ0) is 10.8. The Kier molecular flexibility index (Phi) is 3.17. The van der Waals surface area contributed by atoms with Crippen LogP contribution in [0.4, 0.5) is 0 Å². The predicted molar refractivity (Wildman–Crippen MR) is 64.8 cm³/mol. The average molecular weight is 243 g/mol. The number of hydrogen-bond acceptors (Lipinski definition) is 1. The van der Waals surface area contributed by atoms with Crippen molar-refractivity contribution in [1.29, 1.82) is 0 Å². The Morgan fingerprint density at radius 3 is 2.87 bits per heavy atom. The minimum absolute atomic E-state index is 0.594. The molecule has 1 heterocycles. The van der Waals surface area contributed by atoms with Gasteiger partial charge in [0.25, 0.3) is 0 Å². The van der Waals surface area contributed by atoms with Gasteiger partial charge in [0.1, 0.15) is 5.82 Å². The van der Waals surface area contributed by atoms with Gasteiger partial charge >= 0.3 is 0 Å². The molecule has 0 bridgehead atoms. The number of fused-ring (bicyclic) bond motifs is 1. The van der Waals surface area contributed by atoms with Gasteiger partial charge in [-0.25, -0.2) is 4.98 Å². The first-order valence-electron chi connectivity index (χ1n) is 4.97. The van der Waals surface area contributed by atoms with Gasteiger partial charge < -0.3 is 4.57 Å². The summed E-state index contributed by atoms with van der Waals surface area (Å²) in [6.45, 7) is 2.99. The van der Waals surface area contributed by atoms with Crippen molar-refractivity contribution >= 4 is 34.2 Å². The highest BCUT2D eigenvalue weighted by Crippen LogP contribution is 2.21. The van der Waals surface area contributed by atoms with E-state index in [4.69, 9.17) is 23.2 Å². The average Bonchev–Trinajstić information content (AvgIpc) is 2.55. The van der Waals surface area contributed by atoms with Gasteiger partial charge in [0, 0.05) is 23.9 Å². The van der Waals surface area contributed by atoms with Crippen LogP contribution in [-0.2, 0) is 13.0 Å². The SMILES string of the molecule is CCn1c(CCCl)nc2ccc(Cl)cc21. The second-order valence-corrected chi connectivity index (χ2v) is 4.16. The monoisotopic (exact) mass is 242 g/mol. The van der Waals surface area contributed by atoms with Crippen molar-refractivity contribution < 1.29 is 0 Å². The fourth-order valence-electron chi connectivity index (χ4n) is 1.77. The van der Waals surface area contributed by atoms with Crippen LogP contribution in [0, 0.1) is 0 Å². The molecule has 0 saturated carbocycles. The van der Waals surface area contributed by atoms with E-state index in [0.29, 0.717) is 5.88 Å². The van der Waals surface area contributed by atoms with Crippen molar-refractivity contribution in [3.63, 3.8) is 0 Å². The standard InChI is InChI=1S/C11H12Cl2N2/c1-2-15-10-7-8(13)3-4-9(10)14-11(15)5-6-12/h3-4,7H,2,5-6H2,1H3. The molecule has 0 unspecified atom stereocenters. The summed E-state index contributed by atoms with van der Waals surface area (Å²) in [5.74, 6) is 1.63. The summed E-state index contributed by atoms with van der Waals surface area (Å²) >= 11 is 11.7. The summed E-state index contributed by atoms with van der Waals surface area (Å²) in [5, 5.41) is 0.745. The third-order valence-corrected chi connectivity index (χ3v) is 2.85. The van der Waals surface area contributed by atoms with Crippen molar-refractivity contribution in [3.05, 3.63) is 29.0 Å². The molecule has 0 N–H and O–H groups in total. The highest BCUT2D eigenvalue weighted by molar-refractivity contribution is 6.31. The Bertz CT molecular complexity index is 477. The van der Waals surface area contributed by atoms with Crippen LogP contribution < -0.4 is 0 Å². The van der Waals surface area contributed by atoms with Gasteiger partial charge in [-0.2, -0.15) is 0 Å². The number of rotatable bonds is 3. The van der Waals surface area contributed by atoms with Crippen LogP contribution in [0.15, 0.2) is 18.2 Å². The van der Waals surface area contributed by atoms with Crippen molar-refractivity contribution in [2.24, 2.45) is 0 Å². The van der Waals surface area contributed by atoms with Gasteiger partial charge in [0.15, 0.2) is 0 Å². The lowest BCUT2D eigenvalue weighted by molar-refractivity contribution is 0.727. The second kappa shape index (κ2) is 4.42. The summed E-state index contributed by atoms with van der Waals surface area (Å²) in [6.07, 6.45) is 0.793. The van der Waals surface area contributed by atoms with Crippen molar-refractivity contribution in [2.75, 3.05) is 5.88 Å². The Balaban J connectivity index is 2.63. The van der Waals surface area contributed by atoms with Gasteiger partial charge in [-0.15, -0.1) is 11.6 Å². The molecule has 0 aliphatic carbocycles. The third-order valence-electron chi connectivity index (χ3n) is 2.42. The van der Waals surface area contributed by atoms with Crippen LogP contribution in [0.3, 0.4) is 0 Å². The molecule has 2 aromatic rings. The third kappa shape index (κ3) is 1.97. The van der Waals surface area contributed by atoms with E-state index in [1.165, 1.54) is 0 Å². The van der Waals surface area contributed by atoms with Gasteiger partial charge in [0.2, 0.25) is 0 Å². The van der Waals surface area contributed by atoms with E-state index in [0.717, 1.165) is 34.8 Å². The highest BCUT2D eigenvalue weighted by Gasteiger charge is 2.08. The summed E-state index contributed by atoms with van der Waals surface area (Å²) in [6, 6.07) is 5.76. The molecule has 2 rings (SSSR count). The number of benzene rings is 1. The number of hydrogen-bond donors (Lipinski definition) is 0. The minimum atomic E-state index is 0.594. The van der Waals surface area contributed by atoms with Gasteiger partial charge in [-0.05, 0) is 25.1 Å². The minimum Gasteiger partial charge on any atom is -0.328 e. The lowest BCUT2D eigenvalue weighted by atomic mass is 10.3. The van der Waals surface area contributed by atoms with Gasteiger partial charge in [0.05, 0.1) is 11.0 Å². The molecule has 80 valence electrons. The lowest BCUT2D eigenvalue weighted by Crippen LogP contribution is -2.02. The fourth-order valence-corrected chi connectivity index (χ4v) is 2.11. The van der Waals surface area contributed by atoms with Crippen molar-refractivity contribution in [1.82, 2.24) is 9.55 Å². The fraction of sp³-hybridized carbons (Fsp3) is 0.364. The normalized spacial score (nSPS) is 11.1. The molecule has 4 heteroatoms. The van der Waals surface area contributed by atoms with Crippen LogP contribution in [-0.4, -0.2) is 15.4 Å². The molecule has 2 nitrogen and oxygen atoms in total. The number of aryl methyl sites for hydroxylation is 2. The summed E-state index contributed by atoms with van der Waals surface area (Å²) in [7, 11) is 0. The Morgan fingerprint density at radius 1 is 1.40 bits per heavy atom. The highest BCUT2D eigenvalue weighted by atomic mass is 35.5. The molecule has 0 saturated heterocycles. The van der Waals surface area contributed by atoms with Crippen LogP contribution in [0.2, 0.25) is 5.02 Å². The molecule has 1 aromatic carbocycles. The number of imidazole rings is 1. The van der Waals surface area contributed by atoms with E-state index in [1.807, 2.05) is 18.2 Å². The zero-order valence-electron chi connectivity index (χ0n) is 8.50. The number of nitrogens with zero attached hydrogens (tertiary/aromatic N) is 2. The lowest BCUT2D eigenvalue weighted by Gasteiger charge is -2.03. The number of alkyl halides is 1. The van der Waals surface area contributed by atoms with Gasteiger partial charge in [-0.3, -0.25) is 0 Å². The quantitative estimate of drug-likeness (QED) is 0.754. The largest absolute Gasteiger partial charge is 0.328 e. The van der Waals surface area contributed by atoms with E-state index >= 15 is 0 Å². The number of aromatic nitrogens is 2. The maximum absolute atomic E-state index is 5.97. The molecule has 0 atom stereocenters. The Hall–Kier alpha value is -0.730. The molecule has 0 radical (unpaired) electrons. The maximum Gasteiger partial charge on any atom is 0.111 e. The topological polar surface area (TPSA) is 17.8 Å². The molecule has 1 aromatic heterocycles. The van der Waals surface area contributed by atoms with E-state index in [2.05, 4.69) is 16.5 Å². The molecule has 0 amide bonds. The zero-order valence-corrected chi connectivity index (χ0v) is 10.0. The Labute approximate surface area is 98.8 Å². The first-order chi connectivity index (χ1) is 7.26. The molecule has 15 heavy (non-hydrogen) atoms. The van der Waals surface area contributed by atoms with E-state index < -0.39 is 0 Å². The first-order valence-corrected chi connectivity index (χ1v) is 5.88. The van der Waals surface area contributed by atoms with Crippen LogP contribution in [0.5, 0.6) is 0 Å². The molecule has 0 spiro atoms. The molecule has 0 aliphatic rings. The predicted octanol–water partition coefficient (Wildman–Crippen LogP) is 3.49. The molecular weight excluding hydrogens is 231 g/mol. The smallest absolute Gasteiger partial charge is 0.111 e. The van der Waals surface area contributed by atoms with E-state index in [1.54, 1.807) is 0 Å².